The van der Waals surface area contributed by atoms with Crippen LogP contribution in [0.1, 0.15) is 25.5 Å². The molecular formula is C15H19N7. The molecule has 0 spiro atoms. The second-order valence-electron chi connectivity index (χ2n) is 5.43. The van der Waals surface area contributed by atoms with Crippen molar-refractivity contribution < 1.29 is 0 Å². The van der Waals surface area contributed by atoms with Crippen molar-refractivity contribution in [1.29, 1.82) is 5.26 Å². The summed E-state index contributed by atoms with van der Waals surface area (Å²) in [5.41, 5.74) is 1.10. The Balaban J connectivity index is 1.88. The maximum atomic E-state index is 9.05. The van der Waals surface area contributed by atoms with Crippen LogP contribution in [0.5, 0.6) is 0 Å². The number of nitrogens with zero attached hydrogens (tertiary/aromatic N) is 4. The third kappa shape index (κ3) is 2.78. The lowest BCUT2D eigenvalue weighted by Crippen LogP contribution is -2.46. The zero-order valence-corrected chi connectivity index (χ0v) is 12.7. The van der Waals surface area contributed by atoms with Gasteiger partial charge >= 0.3 is 0 Å². The fourth-order valence-electron chi connectivity index (χ4n) is 2.61. The Labute approximate surface area is 129 Å². The van der Waals surface area contributed by atoms with Gasteiger partial charge in [-0.1, -0.05) is 0 Å². The Morgan fingerprint density at radius 3 is 2.82 bits per heavy atom. The molecule has 7 nitrogen and oxygen atoms in total. The predicted molar refractivity (Wildman–Crippen MR) is 85.7 cm³/mol. The van der Waals surface area contributed by atoms with Gasteiger partial charge in [-0.15, -0.1) is 0 Å². The standard InChI is InChI=1S/C15H19N7/c1-3-18-14-13-9(4-12(7-16)20-14)8-19-15(22-13)21-11-5-10(6-11)17-2/h4,8,10-11,17H,3,5-6H2,1-2H3,(H,18,20)(H,19,21,22)/t10-,11-. The summed E-state index contributed by atoms with van der Waals surface area (Å²) in [7, 11) is 1.98. The van der Waals surface area contributed by atoms with Crippen LogP contribution in [0.4, 0.5) is 11.8 Å². The number of nitrogens with one attached hydrogen (secondary N) is 3. The van der Waals surface area contributed by atoms with Crippen LogP contribution in [0.25, 0.3) is 10.9 Å². The van der Waals surface area contributed by atoms with E-state index in [-0.39, 0.29) is 0 Å². The first-order valence-electron chi connectivity index (χ1n) is 7.49. The van der Waals surface area contributed by atoms with E-state index in [0.717, 1.165) is 30.3 Å². The number of anilines is 2. The van der Waals surface area contributed by atoms with Gasteiger partial charge in [0, 0.05) is 30.2 Å². The van der Waals surface area contributed by atoms with Crippen molar-refractivity contribution in [3.8, 4) is 6.07 Å². The van der Waals surface area contributed by atoms with Crippen LogP contribution in [0.2, 0.25) is 0 Å². The first-order chi connectivity index (χ1) is 10.7. The average Bonchev–Trinajstić information content (AvgIpc) is 2.50. The van der Waals surface area contributed by atoms with E-state index < -0.39 is 0 Å². The minimum Gasteiger partial charge on any atom is -0.368 e. The normalized spacial score (nSPS) is 20.2. The molecule has 1 aliphatic carbocycles. The van der Waals surface area contributed by atoms with Crippen LogP contribution in [0.3, 0.4) is 0 Å². The van der Waals surface area contributed by atoms with Crippen molar-refractivity contribution in [3.63, 3.8) is 0 Å². The highest BCUT2D eigenvalue weighted by Crippen LogP contribution is 2.25. The Morgan fingerprint density at radius 2 is 2.14 bits per heavy atom. The fourth-order valence-corrected chi connectivity index (χ4v) is 2.61. The first-order valence-corrected chi connectivity index (χ1v) is 7.49. The van der Waals surface area contributed by atoms with E-state index >= 15 is 0 Å². The number of aromatic nitrogens is 3. The van der Waals surface area contributed by atoms with Crippen molar-refractivity contribution in [2.45, 2.75) is 31.8 Å². The topological polar surface area (TPSA) is 98.5 Å². The maximum absolute atomic E-state index is 9.05. The molecule has 0 atom stereocenters. The van der Waals surface area contributed by atoms with Gasteiger partial charge in [-0.2, -0.15) is 5.26 Å². The summed E-state index contributed by atoms with van der Waals surface area (Å²) < 4.78 is 0. The summed E-state index contributed by atoms with van der Waals surface area (Å²) in [5.74, 6) is 1.24. The highest BCUT2D eigenvalue weighted by molar-refractivity contribution is 5.89. The van der Waals surface area contributed by atoms with Crippen molar-refractivity contribution in [1.82, 2.24) is 20.3 Å². The van der Waals surface area contributed by atoms with Crippen molar-refractivity contribution in [2.75, 3.05) is 24.2 Å². The Kier molecular flexibility index (Phi) is 4.02. The van der Waals surface area contributed by atoms with Gasteiger partial charge in [0.2, 0.25) is 5.95 Å². The number of hydrogen-bond acceptors (Lipinski definition) is 7. The smallest absolute Gasteiger partial charge is 0.223 e. The van der Waals surface area contributed by atoms with E-state index in [2.05, 4.69) is 37.0 Å². The lowest BCUT2D eigenvalue weighted by molar-refractivity contribution is 0.325. The minimum absolute atomic E-state index is 0.364. The maximum Gasteiger partial charge on any atom is 0.223 e. The van der Waals surface area contributed by atoms with Gasteiger partial charge in [0.1, 0.15) is 17.3 Å². The third-order valence-electron chi connectivity index (χ3n) is 3.90. The Hall–Kier alpha value is -2.46. The van der Waals surface area contributed by atoms with Crippen molar-refractivity contribution >= 4 is 22.7 Å². The summed E-state index contributed by atoms with van der Waals surface area (Å²) in [6, 6.07) is 4.76. The van der Waals surface area contributed by atoms with Gasteiger partial charge in [-0.3, -0.25) is 0 Å². The average molecular weight is 297 g/mol. The molecule has 0 aromatic carbocycles. The molecule has 22 heavy (non-hydrogen) atoms. The lowest BCUT2D eigenvalue weighted by atomic mass is 9.87. The van der Waals surface area contributed by atoms with E-state index in [1.807, 2.05) is 14.0 Å². The van der Waals surface area contributed by atoms with E-state index in [0.29, 0.717) is 29.5 Å². The summed E-state index contributed by atoms with van der Waals surface area (Å²) in [6.07, 6.45) is 3.88. The van der Waals surface area contributed by atoms with Crippen molar-refractivity contribution in [2.24, 2.45) is 0 Å². The molecule has 1 aliphatic rings. The Bertz CT molecular complexity index is 716. The summed E-state index contributed by atoms with van der Waals surface area (Å²) in [6.45, 7) is 2.70. The highest BCUT2D eigenvalue weighted by atomic mass is 15.1. The number of fused-ring (bicyclic) bond motifs is 1. The zero-order valence-electron chi connectivity index (χ0n) is 12.7. The molecule has 3 rings (SSSR count). The van der Waals surface area contributed by atoms with E-state index in [1.165, 1.54) is 0 Å². The second kappa shape index (κ2) is 6.12. The number of nitriles is 1. The summed E-state index contributed by atoms with van der Waals surface area (Å²) in [5, 5.41) is 19.6. The minimum atomic E-state index is 0.364. The summed E-state index contributed by atoms with van der Waals surface area (Å²) >= 11 is 0. The third-order valence-corrected chi connectivity index (χ3v) is 3.90. The number of hydrogen-bond donors (Lipinski definition) is 3. The van der Waals surface area contributed by atoms with Crippen LogP contribution in [0, 0.1) is 11.3 Å². The number of pyridine rings is 1. The molecule has 0 saturated heterocycles. The molecule has 7 heteroatoms. The fraction of sp³-hybridized carbons (Fsp3) is 0.467. The van der Waals surface area contributed by atoms with Crippen molar-refractivity contribution in [3.05, 3.63) is 18.0 Å². The van der Waals surface area contributed by atoms with Crippen LogP contribution >= 0.6 is 0 Å². The van der Waals surface area contributed by atoms with Crippen LogP contribution in [-0.2, 0) is 0 Å². The molecule has 1 saturated carbocycles. The molecule has 2 aromatic heterocycles. The van der Waals surface area contributed by atoms with Gasteiger partial charge in [0.25, 0.3) is 0 Å². The van der Waals surface area contributed by atoms with Crippen LogP contribution in [-0.4, -0.2) is 40.6 Å². The molecule has 2 heterocycles. The largest absolute Gasteiger partial charge is 0.368 e. The zero-order chi connectivity index (χ0) is 15.5. The molecule has 1 fully saturated rings. The molecular weight excluding hydrogens is 278 g/mol. The summed E-state index contributed by atoms with van der Waals surface area (Å²) in [4.78, 5) is 13.2. The molecule has 2 aromatic rings. The van der Waals surface area contributed by atoms with E-state index in [1.54, 1.807) is 12.3 Å². The van der Waals surface area contributed by atoms with E-state index in [4.69, 9.17) is 5.26 Å². The molecule has 0 amide bonds. The van der Waals surface area contributed by atoms with Crippen LogP contribution in [0.15, 0.2) is 12.3 Å². The van der Waals surface area contributed by atoms with Gasteiger partial charge in [0.05, 0.1) is 0 Å². The second-order valence-corrected chi connectivity index (χ2v) is 5.43. The number of rotatable bonds is 5. The SMILES string of the molecule is CCNc1nc(C#N)cc2cnc(N[C@H]3C[C@H](NC)C3)nc12. The molecule has 0 unspecified atom stereocenters. The molecule has 0 aliphatic heterocycles. The van der Waals surface area contributed by atoms with Gasteiger partial charge in [0.15, 0.2) is 5.82 Å². The molecule has 114 valence electrons. The Morgan fingerprint density at radius 1 is 1.32 bits per heavy atom. The van der Waals surface area contributed by atoms with Gasteiger partial charge in [-0.25, -0.2) is 15.0 Å². The predicted octanol–water partition coefficient (Wildman–Crippen LogP) is 1.49. The molecule has 3 N–H and O–H groups in total. The van der Waals surface area contributed by atoms with Crippen LogP contribution < -0.4 is 16.0 Å². The highest BCUT2D eigenvalue weighted by Gasteiger charge is 2.28. The first kappa shape index (κ1) is 14.5. The van der Waals surface area contributed by atoms with E-state index in [9.17, 15) is 0 Å². The quantitative estimate of drug-likeness (QED) is 0.769. The molecule has 0 radical (unpaired) electrons. The monoisotopic (exact) mass is 297 g/mol. The molecule has 0 bridgehead atoms. The van der Waals surface area contributed by atoms with Gasteiger partial charge in [-0.05, 0) is 32.9 Å². The lowest BCUT2D eigenvalue weighted by Gasteiger charge is -2.35. The van der Waals surface area contributed by atoms with Gasteiger partial charge < -0.3 is 16.0 Å².